The zero-order valence-electron chi connectivity index (χ0n) is 38.1. The zero-order valence-corrected chi connectivity index (χ0v) is 38.1. The summed E-state index contributed by atoms with van der Waals surface area (Å²) in [5.41, 5.74) is 35.0. The van der Waals surface area contributed by atoms with E-state index in [-0.39, 0.29) is 82.8 Å². The standard InChI is InChI=1S/C45H67N13O9/c1-26(2)23-29(46)39(62)57-34(25-28-13-7-4-8-14-28)42(65)55-32(18-20-37(48)60)44(67)58-22-10-16-35(58)43(66)54-31(17-19-36(47)59)41(64)53-30(15-9-21-52-45(50)51)40(63)56-33(38(49)61)24-27-11-5-3-6-12-27/h3-8,11-14,26,29-35H,9-10,15-25,46H2,1-2H3,(H2,47,59)(H2,48,60)(H2,49,61)(H,53,64)(H,54,66)(H,55,65)(H,56,63)(H,57,62)(H4,50,51,52)/t29-,30-,31-,32-,33-,34-,35-/m0/s1. The van der Waals surface area contributed by atoms with Gasteiger partial charge in [-0.05, 0) is 62.0 Å². The summed E-state index contributed by atoms with van der Waals surface area (Å²) in [5, 5.41) is 13.2. The second-order valence-corrected chi connectivity index (χ2v) is 17.0. The summed E-state index contributed by atoms with van der Waals surface area (Å²) >= 11 is 0. The van der Waals surface area contributed by atoms with Gasteiger partial charge in [-0.15, -0.1) is 0 Å². The highest BCUT2D eigenvalue weighted by Crippen LogP contribution is 2.21. The van der Waals surface area contributed by atoms with Crippen molar-refractivity contribution in [3.05, 3.63) is 71.8 Å². The summed E-state index contributed by atoms with van der Waals surface area (Å²) in [6.07, 6.45) is -0.193. The van der Waals surface area contributed by atoms with Gasteiger partial charge in [-0.2, -0.15) is 0 Å². The lowest BCUT2D eigenvalue weighted by Gasteiger charge is -2.31. The molecular formula is C45H67N13O9. The van der Waals surface area contributed by atoms with Crippen LogP contribution in [0, 0.1) is 5.92 Å². The molecule has 3 rings (SSSR count). The maximum atomic E-state index is 14.3. The first-order chi connectivity index (χ1) is 31.7. The molecule has 67 heavy (non-hydrogen) atoms. The van der Waals surface area contributed by atoms with Gasteiger partial charge in [0, 0.05) is 38.8 Å². The second kappa shape index (κ2) is 27.4. The number of hydrogen-bond acceptors (Lipinski definition) is 11. The lowest BCUT2D eigenvalue weighted by molar-refractivity contribution is -0.143. The van der Waals surface area contributed by atoms with E-state index in [1.54, 1.807) is 60.7 Å². The van der Waals surface area contributed by atoms with Gasteiger partial charge in [-0.3, -0.25) is 48.1 Å². The summed E-state index contributed by atoms with van der Waals surface area (Å²) in [4.78, 5) is 125. The largest absolute Gasteiger partial charge is 0.370 e. The Morgan fingerprint density at radius 1 is 0.627 bits per heavy atom. The minimum atomic E-state index is -1.46. The number of nitrogens with two attached hydrogens (primary N) is 6. The van der Waals surface area contributed by atoms with Crippen LogP contribution in [0.3, 0.4) is 0 Å². The summed E-state index contributed by atoms with van der Waals surface area (Å²) in [6.45, 7) is 3.92. The first-order valence-corrected chi connectivity index (χ1v) is 22.3. The summed E-state index contributed by atoms with van der Waals surface area (Å²) in [5.74, 6) is -7.03. The molecule has 1 heterocycles. The van der Waals surface area contributed by atoms with Gasteiger partial charge < -0.3 is 65.9 Å². The number of likely N-dealkylation sites (tertiary alicyclic amines) is 1. The average Bonchev–Trinajstić information content (AvgIpc) is 3.77. The molecule has 0 saturated carbocycles. The van der Waals surface area contributed by atoms with Crippen LogP contribution in [0.2, 0.25) is 0 Å². The monoisotopic (exact) mass is 934 g/mol. The maximum absolute atomic E-state index is 14.3. The van der Waals surface area contributed by atoms with Gasteiger partial charge in [0.2, 0.25) is 53.2 Å². The molecule has 0 radical (unpaired) electrons. The molecule has 9 amide bonds. The van der Waals surface area contributed by atoms with Gasteiger partial charge in [0.15, 0.2) is 5.96 Å². The number of amides is 9. The van der Waals surface area contributed by atoms with E-state index in [2.05, 4.69) is 31.6 Å². The molecular weight excluding hydrogens is 867 g/mol. The molecule has 0 spiro atoms. The van der Waals surface area contributed by atoms with E-state index in [4.69, 9.17) is 34.4 Å². The van der Waals surface area contributed by atoms with Crippen LogP contribution in [0.15, 0.2) is 65.7 Å². The van der Waals surface area contributed by atoms with Gasteiger partial charge in [-0.25, -0.2) is 0 Å². The van der Waals surface area contributed by atoms with Gasteiger partial charge in [0.25, 0.3) is 0 Å². The van der Waals surface area contributed by atoms with E-state index in [0.717, 1.165) is 0 Å². The van der Waals surface area contributed by atoms with Gasteiger partial charge >= 0.3 is 0 Å². The third-order valence-corrected chi connectivity index (χ3v) is 10.9. The molecule has 1 fully saturated rings. The number of primary amides is 3. The highest BCUT2D eigenvalue weighted by atomic mass is 16.2. The fraction of sp³-hybridized carbons (Fsp3) is 0.511. The lowest BCUT2D eigenvalue weighted by atomic mass is 10.0. The number of hydrogen-bond donors (Lipinski definition) is 11. The van der Waals surface area contributed by atoms with Crippen molar-refractivity contribution in [2.75, 3.05) is 13.1 Å². The molecule has 1 aliphatic heterocycles. The topological polar surface area (TPSA) is 385 Å². The third kappa shape index (κ3) is 19.1. The molecule has 0 bridgehead atoms. The molecule has 2 aromatic carbocycles. The van der Waals surface area contributed by atoms with E-state index < -0.39 is 95.5 Å². The summed E-state index contributed by atoms with van der Waals surface area (Å²) < 4.78 is 0. The summed E-state index contributed by atoms with van der Waals surface area (Å²) in [6, 6.07) is 8.98. The molecule has 0 aliphatic carbocycles. The van der Waals surface area contributed by atoms with Crippen LogP contribution in [-0.4, -0.2) is 119 Å². The fourth-order valence-electron chi connectivity index (χ4n) is 7.49. The number of carbonyl (C=O) groups excluding carboxylic acids is 9. The SMILES string of the molecule is CC(C)C[C@H](N)C(=O)N[C@@H](Cc1ccccc1)C(=O)N[C@@H](CCC(N)=O)C(=O)N1CCC[C@H]1C(=O)N[C@@H](CCC(N)=O)C(=O)N[C@@H](CCCN=C(N)N)C(=O)N[C@@H](Cc1ccccc1)C(N)=O. The van der Waals surface area contributed by atoms with Crippen molar-refractivity contribution in [1.29, 1.82) is 0 Å². The van der Waals surface area contributed by atoms with Crippen LogP contribution < -0.4 is 61.0 Å². The van der Waals surface area contributed by atoms with Crippen LogP contribution in [-0.2, 0) is 56.0 Å². The summed E-state index contributed by atoms with van der Waals surface area (Å²) in [7, 11) is 0. The number of nitrogens with one attached hydrogen (secondary N) is 5. The molecule has 1 aliphatic rings. The van der Waals surface area contributed by atoms with Crippen molar-refractivity contribution in [3.63, 3.8) is 0 Å². The molecule has 1 saturated heterocycles. The number of carbonyl (C=O) groups is 9. The Bertz CT molecular complexity index is 2050. The Balaban J connectivity index is 1.86. The smallest absolute Gasteiger partial charge is 0.245 e. The van der Waals surface area contributed by atoms with Crippen molar-refractivity contribution < 1.29 is 43.2 Å². The number of aliphatic imine (C=N–C) groups is 1. The third-order valence-electron chi connectivity index (χ3n) is 10.9. The van der Waals surface area contributed by atoms with Gasteiger partial charge in [0.1, 0.15) is 36.3 Å². The van der Waals surface area contributed by atoms with E-state index in [0.29, 0.717) is 24.0 Å². The Morgan fingerprint density at radius 2 is 1.10 bits per heavy atom. The highest BCUT2D eigenvalue weighted by molar-refractivity contribution is 5.98. The predicted octanol–water partition coefficient (Wildman–Crippen LogP) is -2.67. The average molecular weight is 934 g/mol. The minimum Gasteiger partial charge on any atom is -0.370 e. The Kier molecular flexibility index (Phi) is 22.2. The number of benzene rings is 2. The maximum Gasteiger partial charge on any atom is 0.245 e. The minimum absolute atomic E-state index is 0.0330. The first-order valence-electron chi connectivity index (χ1n) is 22.3. The van der Waals surface area contributed by atoms with Crippen molar-refractivity contribution in [1.82, 2.24) is 31.5 Å². The Hall–Kier alpha value is -7.10. The molecule has 17 N–H and O–H groups in total. The molecule has 366 valence electrons. The fourth-order valence-corrected chi connectivity index (χ4v) is 7.49. The van der Waals surface area contributed by atoms with Crippen molar-refractivity contribution in [3.8, 4) is 0 Å². The molecule has 22 heteroatoms. The van der Waals surface area contributed by atoms with Crippen molar-refractivity contribution >= 4 is 59.1 Å². The quantitative estimate of drug-likeness (QED) is 0.0237. The van der Waals surface area contributed by atoms with E-state index in [1.807, 2.05) is 13.8 Å². The van der Waals surface area contributed by atoms with E-state index >= 15 is 0 Å². The Morgan fingerprint density at radius 3 is 1.63 bits per heavy atom. The van der Waals surface area contributed by atoms with Crippen LogP contribution in [0.25, 0.3) is 0 Å². The normalized spacial score (nSPS) is 15.9. The predicted molar refractivity (Wildman–Crippen MR) is 248 cm³/mol. The van der Waals surface area contributed by atoms with E-state index in [1.165, 1.54) is 4.90 Å². The van der Waals surface area contributed by atoms with Gasteiger partial charge in [0.05, 0.1) is 6.04 Å². The number of rotatable bonds is 28. The molecule has 0 unspecified atom stereocenters. The highest BCUT2D eigenvalue weighted by Gasteiger charge is 2.40. The van der Waals surface area contributed by atoms with Crippen LogP contribution in [0.1, 0.15) is 82.8 Å². The second-order valence-electron chi connectivity index (χ2n) is 17.0. The van der Waals surface area contributed by atoms with Gasteiger partial charge in [-0.1, -0.05) is 74.5 Å². The van der Waals surface area contributed by atoms with Crippen molar-refractivity contribution in [2.45, 2.75) is 127 Å². The Labute approximate surface area is 389 Å². The number of nitrogens with zero attached hydrogens (tertiary/aromatic N) is 2. The number of guanidine groups is 1. The molecule has 22 nitrogen and oxygen atoms in total. The van der Waals surface area contributed by atoms with Crippen LogP contribution in [0.5, 0.6) is 0 Å². The van der Waals surface area contributed by atoms with E-state index in [9.17, 15) is 43.2 Å². The molecule has 2 aromatic rings. The van der Waals surface area contributed by atoms with Crippen LogP contribution in [0.4, 0.5) is 0 Å². The van der Waals surface area contributed by atoms with Crippen LogP contribution >= 0.6 is 0 Å². The molecule has 7 atom stereocenters. The molecule has 0 aromatic heterocycles. The van der Waals surface area contributed by atoms with Crippen molar-refractivity contribution in [2.24, 2.45) is 45.3 Å². The zero-order chi connectivity index (χ0) is 49.6. The lowest BCUT2D eigenvalue weighted by Crippen LogP contribution is -2.60. The first kappa shape index (κ1) is 54.2.